The highest BCUT2D eigenvalue weighted by atomic mass is 16.5. The summed E-state index contributed by atoms with van der Waals surface area (Å²) in [7, 11) is 1.60. The van der Waals surface area contributed by atoms with Crippen LogP contribution in [0.25, 0.3) is 5.57 Å². The van der Waals surface area contributed by atoms with E-state index in [9.17, 15) is 9.59 Å². The fourth-order valence-electron chi connectivity index (χ4n) is 4.10. The smallest absolute Gasteiger partial charge is 0.282 e. The second-order valence-corrected chi connectivity index (χ2v) is 7.87. The molecule has 1 aliphatic rings. The first-order valence-corrected chi connectivity index (χ1v) is 11.0. The molecule has 0 N–H and O–H groups in total. The van der Waals surface area contributed by atoms with Gasteiger partial charge in [-0.15, -0.1) is 0 Å². The van der Waals surface area contributed by atoms with Gasteiger partial charge in [0.25, 0.3) is 11.8 Å². The summed E-state index contributed by atoms with van der Waals surface area (Å²) >= 11 is 0. The van der Waals surface area contributed by atoms with Crippen molar-refractivity contribution in [1.29, 1.82) is 0 Å². The van der Waals surface area contributed by atoms with Crippen molar-refractivity contribution in [2.75, 3.05) is 25.1 Å². The van der Waals surface area contributed by atoms with Crippen LogP contribution in [0, 0.1) is 6.92 Å². The SMILES string of the molecule is CCN(CCc1ccncc1)C1=C(c2ccc(OC)cc2)C(=O)N(c2ccccc2C)C1=O. The van der Waals surface area contributed by atoms with Crippen LogP contribution in [0.2, 0.25) is 0 Å². The number of pyridine rings is 1. The molecule has 168 valence electrons. The molecular formula is C27H27N3O3. The summed E-state index contributed by atoms with van der Waals surface area (Å²) in [5.41, 5.74) is 4.16. The number of para-hydroxylation sites is 1. The molecule has 1 aromatic heterocycles. The number of imide groups is 1. The van der Waals surface area contributed by atoms with Crippen molar-refractivity contribution in [2.24, 2.45) is 0 Å². The fourth-order valence-corrected chi connectivity index (χ4v) is 4.10. The van der Waals surface area contributed by atoms with Crippen molar-refractivity contribution in [2.45, 2.75) is 20.3 Å². The Bertz CT molecular complexity index is 1190. The number of likely N-dealkylation sites (N-methyl/N-ethyl adjacent to an activating group) is 1. The minimum atomic E-state index is -0.308. The average molecular weight is 442 g/mol. The number of carbonyl (C=O) groups excluding carboxylic acids is 2. The summed E-state index contributed by atoms with van der Waals surface area (Å²) in [6, 6.07) is 18.7. The van der Waals surface area contributed by atoms with E-state index in [0.29, 0.717) is 41.4 Å². The first-order chi connectivity index (χ1) is 16.0. The Kier molecular flexibility index (Phi) is 6.54. The molecule has 2 heterocycles. The maximum atomic E-state index is 13.8. The van der Waals surface area contributed by atoms with Crippen LogP contribution in [0.1, 0.15) is 23.6 Å². The third-order valence-corrected chi connectivity index (χ3v) is 5.91. The monoisotopic (exact) mass is 441 g/mol. The van der Waals surface area contributed by atoms with Gasteiger partial charge in [-0.25, -0.2) is 4.90 Å². The topological polar surface area (TPSA) is 62.7 Å². The zero-order valence-electron chi connectivity index (χ0n) is 19.1. The first-order valence-electron chi connectivity index (χ1n) is 11.0. The van der Waals surface area contributed by atoms with Crippen molar-refractivity contribution in [3.8, 4) is 5.75 Å². The van der Waals surface area contributed by atoms with Crippen LogP contribution in [-0.2, 0) is 16.0 Å². The Morgan fingerprint density at radius 2 is 1.64 bits per heavy atom. The number of methoxy groups -OCH3 is 1. The largest absolute Gasteiger partial charge is 0.497 e. The maximum Gasteiger partial charge on any atom is 0.282 e. The Balaban J connectivity index is 1.77. The number of benzene rings is 2. The predicted octanol–water partition coefficient (Wildman–Crippen LogP) is 4.25. The summed E-state index contributed by atoms with van der Waals surface area (Å²) in [5, 5.41) is 0. The van der Waals surface area contributed by atoms with Gasteiger partial charge in [0.2, 0.25) is 0 Å². The van der Waals surface area contributed by atoms with Gasteiger partial charge in [0, 0.05) is 25.5 Å². The number of ether oxygens (including phenoxy) is 1. The van der Waals surface area contributed by atoms with Gasteiger partial charge in [-0.05, 0) is 67.3 Å². The van der Waals surface area contributed by atoms with Gasteiger partial charge in [-0.3, -0.25) is 14.6 Å². The Morgan fingerprint density at radius 1 is 0.939 bits per heavy atom. The molecule has 2 aromatic carbocycles. The quantitative estimate of drug-likeness (QED) is 0.489. The standard InChI is InChI=1S/C27H27N3O3/c1-4-29(18-15-20-13-16-28-17-14-20)25-24(21-9-11-22(33-3)12-10-21)26(31)30(27(25)32)23-8-6-5-7-19(23)2/h5-14,16-17H,4,15,18H2,1-3H3. The van der Waals surface area contributed by atoms with Crippen molar-refractivity contribution < 1.29 is 14.3 Å². The highest BCUT2D eigenvalue weighted by molar-refractivity contribution is 6.45. The van der Waals surface area contributed by atoms with Crippen LogP contribution in [0.5, 0.6) is 5.75 Å². The first kappa shape index (κ1) is 22.3. The van der Waals surface area contributed by atoms with Crippen LogP contribution in [0.15, 0.2) is 78.8 Å². The Hall–Kier alpha value is -3.93. The highest BCUT2D eigenvalue weighted by Gasteiger charge is 2.42. The molecule has 0 saturated heterocycles. The van der Waals surface area contributed by atoms with Crippen LogP contribution in [-0.4, -0.2) is 41.9 Å². The molecular weight excluding hydrogens is 414 g/mol. The Labute approximate surface area is 194 Å². The molecule has 0 radical (unpaired) electrons. The zero-order valence-corrected chi connectivity index (χ0v) is 19.1. The van der Waals surface area contributed by atoms with E-state index < -0.39 is 0 Å². The van der Waals surface area contributed by atoms with Gasteiger partial charge in [0.05, 0.1) is 18.4 Å². The van der Waals surface area contributed by atoms with Crippen LogP contribution in [0.3, 0.4) is 0 Å². The number of hydrogen-bond donors (Lipinski definition) is 0. The summed E-state index contributed by atoms with van der Waals surface area (Å²) in [6.07, 6.45) is 4.26. The molecule has 0 saturated carbocycles. The normalized spacial score (nSPS) is 13.6. The van der Waals surface area contributed by atoms with Gasteiger partial charge in [-0.1, -0.05) is 30.3 Å². The second kappa shape index (κ2) is 9.69. The van der Waals surface area contributed by atoms with E-state index in [0.717, 1.165) is 17.5 Å². The number of hydrogen-bond acceptors (Lipinski definition) is 5. The molecule has 0 spiro atoms. The van der Waals surface area contributed by atoms with Crippen LogP contribution < -0.4 is 9.64 Å². The number of carbonyl (C=O) groups is 2. The summed E-state index contributed by atoms with van der Waals surface area (Å²) < 4.78 is 5.28. The van der Waals surface area contributed by atoms with E-state index in [1.165, 1.54) is 4.90 Å². The number of aromatic nitrogens is 1. The van der Waals surface area contributed by atoms with Crippen LogP contribution >= 0.6 is 0 Å². The molecule has 0 fully saturated rings. The van der Waals surface area contributed by atoms with Gasteiger partial charge in [0.15, 0.2) is 0 Å². The van der Waals surface area contributed by atoms with E-state index in [-0.39, 0.29) is 11.8 Å². The van der Waals surface area contributed by atoms with Crippen molar-refractivity contribution >= 4 is 23.1 Å². The summed E-state index contributed by atoms with van der Waals surface area (Å²) in [6.45, 7) is 5.11. The lowest BCUT2D eigenvalue weighted by atomic mass is 10.0. The molecule has 3 aromatic rings. The average Bonchev–Trinajstić information content (AvgIpc) is 3.10. The highest BCUT2D eigenvalue weighted by Crippen LogP contribution is 2.36. The van der Waals surface area contributed by atoms with E-state index >= 15 is 0 Å². The van der Waals surface area contributed by atoms with E-state index in [1.807, 2.05) is 67.3 Å². The molecule has 6 nitrogen and oxygen atoms in total. The molecule has 0 bridgehead atoms. The zero-order chi connectivity index (χ0) is 23.4. The van der Waals surface area contributed by atoms with Crippen LogP contribution in [0.4, 0.5) is 5.69 Å². The number of aryl methyl sites for hydroxylation is 1. The Morgan fingerprint density at radius 3 is 2.27 bits per heavy atom. The molecule has 0 atom stereocenters. The van der Waals surface area contributed by atoms with Gasteiger partial charge < -0.3 is 9.64 Å². The van der Waals surface area contributed by atoms with Gasteiger partial charge in [0.1, 0.15) is 11.4 Å². The van der Waals surface area contributed by atoms with Gasteiger partial charge >= 0.3 is 0 Å². The maximum absolute atomic E-state index is 13.8. The van der Waals surface area contributed by atoms with Crippen molar-refractivity contribution in [3.05, 3.63) is 95.4 Å². The molecule has 4 rings (SSSR count). The molecule has 6 heteroatoms. The minimum Gasteiger partial charge on any atom is -0.497 e. The molecule has 1 aliphatic heterocycles. The lowest BCUT2D eigenvalue weighted by Crippen LogP contribution is -2.36. The third-order valence-electron chi connectivity index (χ3n) is 5.91. The van der Waals surface area contributed by atoms with E-state index in [4.69, 9.17) is 4.74 Å². The molecule has 0 aliphatic carbocycles. The second-order valence-electron chi connectivity index (χ2n) is 7.87. The molecule has 2 amide bonds. The fraction of sp³-hybridized carbons (Fsp3) is 0.222. The number of nitrogens with zero attached hydrogens (tertiary/aromatic N) is 3. The van der Waals surface area contributed by atoms with E-state index in [1.54, 1.807) is 31.6 Å². The minimum absolute atomic E-state index is 0.295. The van der Waals surface area contributed by atoms with E-state index in [2.05, 4.69) is 4.98 Å². The number of rotatable bonds is 8. The van der Waals surface area contributed by atoms with Gasteiger partial charge in [-0.2, -0.15) is 0 Å². The lowest BCUT2D eigenvalue weighted by molar-refractivity contribution is -0.120. The van der Waals surface area contributed by atoms with Crippen molar-refractivity contribution in [3.63, 3.8) is 0 Å². The predicted molar refractivity (Wildman–Crippen MR) is 129 cm³/mol. The summed E-state index contributed by atoms with van der Waals surface area (Å²) in [4.78, 5) is 34.8. The molecule has 33 heavy (non-hydrogen) atoms. The number of amides is 2. The lowest BCUT2D eigenvalue weighted by Gasteiger charge is -2.25. The van der Waals surface area contributed by atoms with Crippen molar-refractivity contribution in [1.82, 2.24) is 9.88 Å². The molecule has 0 unspecified atom stereocenters. The summed E-state index contributed by atoms with van der Waals surface area (Å²) in [5.74, 6) is 0.0898. The third kappa shape index (κ3) is 4.37. The number of anilines is 1.